The number of aromatic carboxylic acids is 1. The van der Waals surface area contributed by atoms with Gasteiger partial charge in [-0.15, -0.1) is 0 Å². The maximum atomic E-state index is 14.2. The summed E-state index contributed by atoms with van der Waals surface area (Å²) in [5.74, 6) is -1.21. The number of aromatic nitrogens is 2. The molecule has 10 heteroatoms. The van der Waals surface area contributed by atoms with Gasteiger partial charge >= 0.3 is 18.2 Å². The average Bonchev–Trinajstić information content (AvgIpc) is 3.55. The molecule has 2 aromatic carbocycles. The third-order valence-corrected chi connectivity index (χ3v) is 9.90. The Labute approximate surface area is 270 Å². The van der Waals surface area contributed by atoms with Gasteiger partial charge in [0.25, 0.3) is 0 Å². The van der Waals surface area contributed by atoms with Gasteiger partial charge in [-0.3, -0.25) is 9.58 Å². The molecule has 1 atom stereocenters. The van der Waals surface area contributed by atoms with E-state index in [1.807, 2.05) is 49.9 Å². The lowest BCUT2D eigenvalue weighted by molar-refractivity contribution is -0.0462. The van der Waals surface area contributed by atoms with E-state index < -0.39 is 23.2 Å². The van der Waals surface area contributed by atoms with Crippen LogP contribution in [0, 0.1) is 0 Å². The molecule has 2 aliphatic carbocycles. The van der Waals surface area contributed by atoms with Crippen LogP contribution in [0.3, 0.4) is 0 Å². The van der Waals surface area contributed by atoms with E-state index >= 15 is 0 Å². The number of aryl methyl sites for hydroxylation is 1. The van der Waals surface area contributed by atoms with Crippen molar-refractivity contribution in [1.29, 1.82) is 0 Å². The van der Waals surface area contributed by atoms with Crippen LogP contribution in [0.15, 0.2) is 54.7 Å². The van der Waals surface area contributed by atoms with Gasteiger partial charge in [-0.1, -0.05) is 67.8 Å². The third kappa shape index (κ3) is 6.09. The van der Waals surface area contributed by atoms with Gasteiger partial charge in [0, 0.05) is 31.1 Å². The lowest BCUT2D eigenvalue weighted by Gasteiger charge is -2.53. The van der Waals surface area contributed by atoms with Crippen molar-refractivity contribution in [3.63, 3.8) is 0 Å². The lowest BCUT2D eigenvalue weighted by atomic mass is 9.73. The van der Waals surface area contributed by atoms with Gasteiger partial charge in [-0.2, -0.15) is 5.10 Å². The minimum atomic E-state index is -1.10. The van der Waals surface area contributed by atoms with Crippen LogP contribution in [0.2, 0.25) is 0 Å². The summed E-state index contributed by atoms with van der Waals surface area (Å²) in [6.45, 7) is 6.24. The summed E-state index contributed by atoms with van der Waals surface area (Å²) in [5.41, 5.74) is 3.93. The molecule has 10 nitrogen and oxygen atoms in total. The molecule has 1 unspecified atom stereocenters. The van der Waals surface area contributed by atoms with Crippen LogP contribution in [-0.4, -0.2) is 73.2 Å². The first kappa shape index (κ1) is 31.6. The maximum Gasteiger partial charge on any atom is 0.410 e. The number of carboxylic acids is 1. The van der Waals surface area contributed by atoms with Crippen molar-refractivity contribution < 1.29 is 29.0 Å². The average molecular weight is 629 g/mol. The van der Waals surface area contributed by atoms with Crippen molar-refractivity contribution in [2.24, 2.45) is 7.05 Å². The Morgan fingerprint density at radius 2 is 1.63 bits per heavy atom. The number of fused-ring (bicyclic) bond motifs is 3. The quantitative estimate of drug-likeness (QED) is 0.314. The fourth-order valence-electron chi connectivity index (χ4n) is 7.73. The first-order valence-electron chi connectivity index (χ1n) is 16.3. The van der Waals surface area contributed by atoms with Crippen molar-refractivity contribution >= 4 is 18.2 Å². The summed E-state index contributed by atoms with van der Waals surface area (Å²) in [6.07, 6.45) is 6.32. The number of benzene rings is 2. The molecule has 3 aromatic rings. The summed E-state index contributed by atoms with van der Waals surface area (Å²) in [6, 6.07) is 16.1. The molecular formula is C36H44N4O6. The molecule has 6 rings (SSSR count). The van der Waals surface area contributed by atoms with E-state index in [0.29, 0.717) is 25.1 Å². The smallest absolute Gasteiger partial charge is 0.410 e. The topological polar surface area (TPSA) is 114 Å². The van der Waals surface area contributed by atoms with Crippen molar-refractivity contribution in [2.75, 3.05) is 13.2 Å². The molecule has 3 aliphatic rings. The first-order chi connectivity index (χ1) is 22.0. The zero-order valence-electron chi connectivity index (χ0n) is 27.2. The highest BCUT2D eigenvalue weighted by Gasteiger charge is 2.49. The summed E-state index contributed by atoms with van der Waals surface area (Å²) in [7, 11) is 1.69. The largest absolute Gasteiger partial charge is 0.478 e. The van der Waals surface area contributed by atoms with Crippen LogP contribution >= 0.6 is 0 Å². The second-order valence-corrected chi connectivity index (χ2v) is 13.9. The Kier molecular flexibility index (Phi) is 8.56. The first-order valence-corrected chi connectivity index (χ1v) is 16.3. The minimum absolute atomic E-state index is 0.0298. The molecule has 1 N–H and O–H groups in total. The summed E-state index contributed by atoms with van der Waals surface area (Å²) >= 11 is 0. The van der Waals surface area contributed by atoms with Crippen molar-refractivity contribution in [3.05, 3.63) is 77.1 Å². The van der Waals surface area contributed by atoms with E-state index in [1.54, 1.807) is 11.9 Å². The van der Waals surface area contributed by atoms with Crippen LogP contribution in [0.4, 0.5) is 9.59 Å². The molecule has 2 fully saturated rings. The van der Waals surface area contributed by atoms with Crippen LogP contribution in [-0.2, 0) is 23.1 Å². The third-order valence-electron chi connectivity index (χ3n) is 9.90. The minimum Gasteiger partial charge on any atom is -0.478 e. The van der Waals surface area contributed by atoms with Crippen molar-refractivity contribution in [3.8, 4) is 11.1 Å². The summed E-state index contributed by atoms with van der Waals surface area (Å²) in [5, 5.41) is 14.1. The van der Waals surface area contributed by atoms with Gasteiger partial charge < -0.3 is 19.5 Å². The van der Waals surface area contributed by atoms with Gasteiger partial charge in [0.1, 0.15) is 17.8 Å². The van der Waals surface area contributed by atoms with E-state index in [0.717, 1.165) is 54.4 Å². The van der Waals surface area contributed by atoms with E-state index in [9.17, 15) is 19.5 Å². The van der Waals surface area contributed by atoms with Crippen LogP contribution in [0.1, 0.15) is 98.8 Å². The Balaban J connectivity index is 1.29. The van der Waals surface area contributed by atoms with Gasteiger partial charge in [0.2, 0.25) is 0 Å². The second kappa shape index (κ2) is 12.5. The molecule has 46 heavy (non-hydrogen) atoms. The standard InChI is InChI=1S/C36H44N4O6/c1-35(2,3)46-34(44)40-19-16-24(20-36(40)17-10-5-11-18-36)39(22-31-29(32(41)42)21-37-38(31)4)33(43)45-23-30-27-14-8-6-12-25(27)26-13-7-9-15-28(26)30/h6-9,12-15,21,24,30H,5,10-11,16-20,22-23H2,1-4H3,(H,41,42). The number of piperidine rings is 1. The number of ether oxygens (including phenoxy) is 2. The predicted molar refractivity (Wildman–Crippen MR) is 173 cm³/mol. The van der Waals surface area contributed by atoms with Gasteiger partial charge in [-0.05, 0) is 68.7 Å². The number of hydrogen-bond acceptors (Lipinski definition) is 6. The molecule has 2 amide bonds. The molecule has 2 heterocycles. The van der Waals surface area contributed by atoms with Gasteiger partial charge in [0.15, 0.2) is 0 Å². The van der Waals surface area contributed by atoms with E-state index in [1.165, 1.54) is 10.9 Å². The summed E-state index contributed by atoms with van der Waals surface area (Å²) in [4.78, 5) is 43.4. The summed E-state index contributed by atoms with van der Waals surface area (Å²) < 4.78 is 13.5. The van der Waals surface area contributed by atoms with Gasteiger partial charge in [0.05, 0.1) is 18.4 Å². The molecule has 1 saturated heterocycles. The fraction of sp³-hybridized carbons (Fsp3) is 0.500. The number of carbonyl (C=O) groups excluding carboxylic acids is 2. The Bertz CT molecular complexity index is 1570. The second-order valence-electron chi connectivity index (χ2n) is 13.9. The molecule has 1 saturated carbocycles. The monoisotopic (exact) mass is 628 g/mol. The predicted octanol–water partition coefficient (Wildman–Crippen LogP) is 6.97. The molecule has 244 valence electrons. The molecule has 1 aromatic heterocycles. The highest BCUT2D eigenvalue weighted by molar-refractivity contribution is 5.88. The van der Waals surface area contributed by atoms with Crippen molar-refractivity contribution in [2.45, 2.75) is 95.4 Å². The number of rotatable bonds is 6. The SMILES string of the molecule is Cn1ncc(C(=O)O)c1CN(C(=O)OCC1c2ccccc2-c2ccccc21)C1CCN(C(=O)OC(C)(C)C)C2(CCCCC2)C1. The molecule has 1 spiro atoms. The Hall–Kier alpha value is -4.34. The van der Waals surface area contributed by atoms with Crippen molar-refractivity contribution in [1.82, 2.24) is 19.6 Å². The zero-order valence-corrected chi connectivity index (χ0v) is 27.2. The van der Waals surface area contributed by atoms with E-state index in [4.69, 9.17) is 9.47 Å². The van der Waals surface area contributed by atoms with Crippen LogP contribution in [0.5, 0.6) is 0 Å². The van der Waals surface area contributed by atoms with Crippen LogP contribution in [0.25, 0.3) is 11.1 Å². The normalized spacial score (nSPS) is 19.0. The lowest BCUT2D eigenvalue weighted by Crippen LogP contribution is -2.62. The highest BCUT2D eigenvalue weighted by Crippen LogP contribution is 2.45. The van der Waals surface area contributed by atoms with E-state index in [2.05, 4.69) is 29.4 Å². The number of amides is 2. The molecule has 1 aliphatic heterocycles. The zero-order chi connectivity index (χ0) is 32.6. The number of carbonyl (C=O) groups is 3. The number of likely N-dealkylation sites (tertiary alicyclic amines) is 1. The molecule has 0 radical (unpaired) electrons. The highest BCUT2D eigenvalue weighted by atomic mass is 16.6. The number of hydrogen-bond donors (Lipinski definition) is 1. The Morgan fingerprint density at radius 1 is 1.00 bits per heavy atom. The maximum absolute atomic E-state index is 14.2. The molecule has 0 bridgehead atoms. The van der Waals surface area contributed by atoms with Gasteiger partial charge in [-0.25, -0.2) is 14.4 Å². The molecular weight excluding hydrogens is 584 g/mol. The van der Waals surface area contributed by atoms with Crippen LogP contribution < -0.4 is 0 Å². The Morgan fingerprint density at radius 3 is 2.24 bits per heavy atom. The fourth-order valence-corrected chi connectivity index (χ4v) is 7.73. The number of carboxylic acid groups (broad SMARTS) is 1. The number of nitrogens with zero attached hydrogens (tertiary/aromatic N) is 4. The van der Waals surface area contributed by atoms with E-state index in [-0.39, 0.29) is 36.8 Å².